The van der Waals surface area contributed by atoms with E-state index in [-0.39, 0.29) is 5.88 Å². The molecule has 5 nitrogen and oxygen atoms in total. The number of rotatable bonds is 6. The van der Waals surface area contributed by atoms with Gasteiger partial charge < -0.3 is 9.84 Å². The Hall–Kier alpha value is -1.99. The van der Waals surface area contributed by atoms with Crippen LogP contribution in [-0.2, 0) is 11.3 Å². The van der Waals surface area contributed by atoms with Crippen molar-refractivity contribution in [2.45, 2.75) is 26.8 Å². The fourth-order valence-electron chi connectivity index (χ4n) is 2.08. The highest BCUT2D eigenvalue weighted by molar-refractivity contribution is 7.73. The topological polar surface area (TPSA) is 63.8 Å². The van der Waals surface area contributed by atoms with Gasteiger partial charge in [-0.1, -0.05) is 37.3 Å². The van der Waals surface area contributed by atoms with E-state index < -0.39 is 5.97 Å². The minimum Gasteiger partial charge on any atom is -0.493 e. The lowest BCUT2D eigenvalue weighted by Gasteiger charge is -2.06. The summed E-state index contributed by atoms with van der Waals surface area (Å²) in [6, 6.07) is 6.90. The molecular formula is C17H20N2O3S2. The molecule has 0 saturated carbocycles. The minimum atomic E-state index is -0.450. The van der Waals surface area contributed by atoms with Gasteiger partial charge in [0, 0.05) is 6.54 Å². The SMILES string of the molecule is COC(=O)c1ccccc1N=Cc1sc(=S)n(CCC(C)C)c1O. The second kappa shape index (κ2) is 8.21. The number of nitrogens with zero attached hydrogens (tertiary/aromatic N) is 2. The number of hydrogen-bond acceptors (Lipinski definition) is 6. The van der Waals surface area contributed by atoms with Crippen molar-refractivity contribution in [1.29, 1.82) is 0 Å². The highest BCUT2D eigenvalue weighted by Gasteiger charge is 2.12. The second-order valence-corrected chi connectivity index (χ2v) is 7.33. The van der Waals surface area contributed by atoms with Gasteiger partial charge in [-0.05, 0) is 36.7 Å². The molecule has 0 aliphatic carbocycles. The van der Waals surface area contributed by atoms with Gasteiger partial charge in [0.15, 0.2) is 3.95 Å². The highest BCUT2D eigenvalue weighted by Crippen LogP contribution is 2.27. The molecule has 1 aromatic carbocycles. The van der Waals surface area contributed by atoms with Crippen LogP contribution >= 0.6 is 23.6 Å². The van der Waals surface area contributed by atoms with Gasteiger partial charge in [-0.3, -0.25) is 9.56 Å². The molecule has 0 bridgehead atoms. The van der Waals surface area contributed by atoms with Crippen LogP contribution in [0.3, 0.4) is 0 Å². The van der Waals surface area contributed by atoms with Crippen LogP contribution in [0.5, 0.6) is 5.88 Å². The van der Waals surface area contributed by atoms with E-state index >= 15 is 0 Å². The van der Waals surface area contributed by atoms with E-state index in [1.165, 1.54) is 24.7 Å². The molecule has 0 spiro atoms. The number of carbonyl (C=O) groups is 1. The first-order valence-corrected chi connectivity index (χ1v) is 8.80. The average Bonchev–Trinajstić information content (AvgIpc) is 2.84. The van der Waals surface area contributed by atoms with Crippen LogP contribution in [0.15, 0.2) is 29.3 Å². The predicted molar refractivity (Wildman–Crippen MR) is 99.3 cm³/mol. The van der Waals surface area contributed by atoms with Crippen LogP contribution in [0, 0.1) is 9.87 Å². The zero-order valence-electron chi connectivity index (χ0n) is 13.9. The maximum absolute atomic E-state index is 11.8. The lowest BCUT2D eigenvalue weighted by molar-refractivity contribution is 0.0601. The molecule has 1 N–H and O–H groups in total. The molecule has 1 aromatic heterocycles. The van der Waals surface area contributed by atoms with Crippen LogP contribution in [-0.4, -0.2) is 29.0 Å². The van der Waals surface area contributed by atoms with E-state index in [0.717, 1.165) is 6.42 Å². The summed E-state index contributed by atoms with van der Waals surface area (Å²) in [6.07, 6.45) is 2.46. The zero-order valence-corrected chi connectivity index (χ0v) is 15.5. The standard InChI is InChI=1S/C17H20N2O3S2/c1-11(2)8-9-19-15(20)14(24-17(19)23)10-18-13-7-5-4-6-12(13)16(21)22-3/h4-7,10-11,20H,8-9H2,1-3H3. The van der Waals surface area contributed by atoms with Gasteiger partial charge >= 0.3 is 5.97 Å². The molecule has 2 aromatic rings. The van der Waals surface area contributed by atoms with E-state index in [4.69, 9.17) is 17.0 Å². The summed E-state index contributed by atoms with van der Waals surface area (Å²) in [6.45, 7) is 4.92. The van der Waals surface area contributed by atoms with E-state index in [0.29, 0.717) is 32.5 Å². The summed E-state index contributed by atoms with van der Waals surface area (Å²) in [4.78, 5) is 16.6. The number of aromatic nitrogens is 1. The molecule has 128 valence electrons. The summed E-state index contributed by atoms with van der Waals surface area (Å²) in [5.41, 5.74) is 0.857. The van der Waals surface area contributed by atoms with Crippen LogP contribution in [0.4, 0.5) is 5.69 Å². The Morgan fingerprint density at radius 1 is 1.46 bits per heavy atom. The van der Waals surface area contributed by atoms with E-state index in [1.807, 2.05) is 0 Å². The summed E-state index contributed by atoms with van der Waals surface area (Å²) in [5.74, 6) is 0.189. The molecular weight excluding hydrogens is 344 g/mol. The number of aromatic hydroxyl groups is 1. The average molecular weight is 364 g/mol. The minimum absolute atomic E-state index is 0.116. The smallest absolute Gasteiger partial charge is 0.340 e. The lowest BCUT2D eigenvalue weighted by Crippen LogP contribution is -2.01. The fraction of sp³-hybridized carbons (Fsp3) is 0.353. The summed E-state index contributed by atoms with van der Waals surface area (Å²) in [5, 5.41) is 10.3. The largest absolute Gasteiger partial charge is 0.493 e. The van der Waals surface area contributed by atoms with Crippen LogP contribution < -0.4 is 0 Å². The number of esters is 1. The van der Waals surface area contributed by atoms with Crippen LogP contribution in [0.1, 0.15) is 35.5 Å². The Labute approximate surface area is 150 Å². The summed E-state index contributed by atoms with van der Waals surface area (Å²) < 4.78 is 7.07. The molecule has 0 aliphatic rings. The molecule has 24 heavy (non-hydrogen) atoms. The van der Waals surface area contributed by atoms with Gasteiger partial charge in [0.05, 0.1) is 24.6 Å². The molecule has 1 heterocycles. The van der Waals surface area contributed by atoms with Crippen molar-refractivity contribution >= 4 is 41.4 Å². The van der Waals surface area contributed by atoms with Gasteiger partial charge in [0.2, 0.25) is 5.88 Å². The number of hydrogen-bond donors (Lipinski definition) is 1. The van der Waals surface area contributed by atoms with Gasteiger partial charge in [-0.15, -0.1) is 0 Å². The Kier molecular flexibility index (Phi) is 6.28. The molecule has 0 radical (unpaired) electrons. The van der Waals surface area contributed by atoms with Crippen molar-refractivity contribution in [2.75, 3.05) is 7.11 Å². The molecule has 2 rings (SSSR count). The number of benzene rings is 1. The van der Waals surface area contributed by atoms with Crippen molar-refractivity contribution in [3.8, 4) is 5.88 Å². The first-order chi connectivity index (χ1) is 11.4. The third kappa shape index (κ3) is 4.30. The molecule has 0 atom stereocenters. The number of methoxy groups -OCH3 is 1. The fourth-order valence-corrected chi connectivity index (χ4v) is 3.31. The van der Waals surface area contributed by atoms with Crippen LogP contribution in [0.25, 0.3) is 0 Å². The lowest BCUT2D eigenvalue weighted by atomic mass is 10.1. The van der Waals surface area contributed by atoms with Crippen LogP contribution in [0.2, 0.25) is 0 Å². The van der Waals surface area contributed by atoms with Gasteiger partial charge in [0.25, 0.3) is 0 Å². The Bertz CT molecular complexity index is 806. The number of aliphatic imine (C=N–C) groups is 1. The molecule has 0 aliphatic heterocycles. The molecule has 0 unspecified atom stereocenters. The number of carbonyl (C=O) groups excluding carboxylic acids is 1. The van der Waals surface area contributed by atoms with Gasteiger partial charge in [0.1, 0.15) is 4.88 Å². The first-order valence-electron chi connectivity index (χ1n) is 7.58. The first kappa shape index (κ1) is 18.4. The monoisotopic (exact) mass is 364 g/mol. The van der Waals surface area contributed by atoms with Crippen molar-refractivity contribution in [3.05, 3.63) is 38.7 Å². The maximum atomic E-state index is 11.8. The van der Waals surface area contributed by atoms with E-state index in [9.17, 15) is 9.90 Å². The highest BCUT2D eigenvalue weighted by atomic mass is 32.1. The van der Waals surface area contributed by atoms with Crippen molar-refractivity contribution in [2.24, 2.45) is 10.9 Å². The predicted octanol–water partition coefficient (Wildman–Crippen LogP) is 4.57. The van der Waals surface area contributed by atoms with Crippen molar-refractivity contribution in [3.63, 3.8) is 0 Å². The molecule has 0 saturated heterocycles. The second-order valence-electron chi connectivity index (χ2n) is 5.66. The van der Waals surface area contributed by atoms with Gasteiger partial charge in [-0.25, -0.2) is 4.79 Å². The molecule has 7 heteroatoms. The number of para-hydroxylation sites is 1. The van der Waals surface area contributed by atoms with Gasteiger partial charge in [-0.2, -0.15) is 0 Å². The maximum Gasteiger partial charge on any atom is 0.340 e. The van der Waals surface area contributed by atoms with E-state index in [1.54, 1.807) is 28.8 Å². The number of thiazole rings is 1. The number of ether oxygens (including phenoxy) is 1. The quantitative estimate of drug-likeness (QED) is 0.463. The van der Waals surface area contributed by atoms with Crippen molar-refractivity contribution in [1.82, 2.24) is 4.57 Å². The Morgan fingerprint density at radius 2 is 2.17 bits per heavy atom. The zero-order chi connectivity index (χ0) is 17.7. The summed E-state index contributed by atoms with van der Waals surface area (Å²) >= 11 is 6.61. The van der Waals surface area contributed by atoms with E-state index in [2.05, 4.69) is 18.8 Å². The molecule has 0 amide bonds. The van der Waals surface area contributed by atoms with Crippen molar-refractivity contribution < 1.29 is 14.6 Å². The molecule has 0 fully saturated rings. The third-order valence-electron chi connectivity index (χ3n) is 3.45. The normalized spacial score (nSPS) is 11.3. The third-order valence-corrected chi connectivity index (χ3v) is 4.83. The summed E-state index contributed by atoms with van der Waals surface area (Å²) in [7, 11) is 1.33. The Balaban J connectivity index is 2.29. The Morgan fingerprint density at radius 3 is 2.83 bits per heavy atom.